The third-order valence-corrected chi connectivity index (χ3v) is 7.02. The lowest BCUT2D eigenvalue weighted by atomic mass is 10.1. The Hall–Kier alpha value is -1.97. The molecule has 1 aromatic carbocycles. The van der Waals surface area contributed by atoms with Crippen LogP contribution in [0.15, 0.2) is 18.2 Å². The van der Waals surface area contributed by atoms with Crippen molar-refractivity contribution in [2.24, 2.45) is 0 Å². The van der Waals surface area contributed by atoms with Gasteiger partial charge in [-0.05, 0) is 26.0 Å². The van der Waals surface area contributed by atoms with Gasteiger partial charge < -0.3 is 10.2 Å². The summed E-state index contributed by atoms with van der Waals surface area (Å²) < 4.78 is 27.9. The van der Waals surface area contributed by atoms with E-state index in [1.54, 1.807) is 30.9 Å². The van der Waals surface area contributed by atoms with Gasteiger partial charge in [0.25, 0.3) is 16.1 Å². The van der Waals surface area contributed by atoms with Crippen LogP contribution in [-0.2, 0) is 15.0 Å². The zero-order valence-corrected chi connectivity index (χ0v) is 17.9. The fourth-order valence-electron chi connectivity index (χ4n) is 3.36. The summed E-state index contributed by atoms with van der Waals surface area (Å²) in [6, 6.07) is 5.54. The van der Waals surface area contributed by atoms with Gasteiger partial charge in [0.15, 0.2) is 0 Å². The van der Waals surface area contributed by atoms with Crippen molar-refractivity contribution in [2.75, 3.05) is 45.8 Å². The topological polar surface area (TPSA) is 90.0 Å². The zero-order chi connectivity index (χ0) is 20.9. The first kappa shape index (κ1) is 22.3. The molecule has 1 aromatic rings. The van der Waals surface area contributed by atoms with Crippen molar-refractivity contribution in [3.8, 4) is 0 Å². The molecule has 1 aliphatic rings. The number of amides is 2. The second kappa shape index (κ2) is 9.49. The van der Waals surface area contributed by atoms with E-state index in [4.69, 9.17) is 0 Å². The number of carbonyl (C=O) groups excluding carboxylic acids is 2. The number of nitrogens with one attached hydrogen (secondary N) is 1. The highest BCUT2D eigenvalue weighted by atomic mass is 32.2. The van der Waals surface area contributed by atoms with E-state index in [1.807, 2.05) is 19.9 Å². The van der Waals surface area contributed by atoms with E-state index in [-0.39, 0.29) is 31.4 Å². The van der Waals surface area contributed by atoms with Crippen molar-refractivity contribution in [3.05, 3.63) is 34.9 Å². The van der Waals surface area contributed by atoms with E-state index in [0.29, 0.717) is 31.7 Å². The molecule has 0 aliphatic carbocycles. The molecule has 1 heterocycles. The summed E-state index contributed by atoms with van der Waals surface area (Å²) in [5, 5.41) is 2.66. The van der Waals surface area contributed by atoms with Crippen LogP contribution in [0, 0.1) is 13.8 Å². The standard InChI is InChI=1S/C19H30N4O4S/c1-5-22(6-2)28(26,27)23-9-7-21(8-10-23)18(24)14-20-19(25)17-12-15(3)11-16(4)13-17/h11-13H,5-10,14H2,1-4H3,(H,20,25). The molecule has 0 unspecified atom stereocenters. The van der Waals surface area contributed by atoms with Gasteiger partial charge in [0, 0.05) is 44.8 Å². The smallest absolute Gasteiger partial charge is 0.282 e. The number of carbonyl (C=O) groups is 2. The molecule has 0 spiro atoms. The molecule has 0 radical (unpaired) electrons. The second-order valence-corrected chi connectivity index (χ2v) is 8.86. The van der Waals surface area contributed by atoms with Crippen LogP contribution in [0.2, 0.25) is 0 Å². The molecule has 1 fully saturated rings. The Morgan fingerprint density at radius 3 is 2.04 bits per heavy atom. The van der Waals surface area contributed by atoms with Gasteiger partial charge >= 0.3 is 0 Å². The van der Waals surface area contributed by atoms with E-state index >= 15 is 0 Å². The summed E-state index contributed by atoms with van der Waals surface area (Å²) in [4.78, 5) is 26.3. The van der Waals surface area contributed by atoms with Gasteiger partial charge in [-0.1, -0.05) is 31.0 Å². The maximum Gasteiger partial charge on any atom is 0.282 e. The molecule has 2 amide bonds. The Morgan fingerprint density at radius 1 is 1.00 bits per heavy atom. The number of aryl methyl sites for hydroxylation is 2. The van der Waals surface area contributed by atoms with Crippen molar-refractivity contribution >= 4 is 22.0 Å². The number of benzene rings is 1. The maximum absolute atomic E-state index is 12.5. The number of hydrogen-bond donors (Lipinski definition) is 1. The molecule has 0 bridgehead atoms. The summed E-state index contributed by atoms with van der Waals surface area (Å²) in [5.74, 6) is -0.500. The lowest BCUT2D eigenvalue weighted by molar-refractivity contribution is -0.131. The van der Waals surface area contributed by atoms with Gasteiger partial charge in [-0.2, -0.15) is 17.0 Å². The number of piperazine rings is 1. The summed E-state index contributed by atoms with van der Waals surface area (Å²) in [6.45, 7) is 9.34. The Kier molecular flexibility index (Phi) is 7.56. The zero-order valence-electron chi connectivity index (χ0n) is 17.1. The number of hydrogen-bond acceptors (Lipinski definition) is 4. The van der Waals surface area contributed by atoms with Gasteiger partial charge in [0.1, 0.15) is 0 Å². The molecule has 28 heavy (non-hydrogen) atoms. The summed E-state index contributed by atoms with van der Waals surface area (Å²) in [6.07, 6.45) is 0. The Bertz CT molecular complexity index is 793. The highest BCUT2D eigenvalue weighted by molar-refractivity contribution is 7.86. The predicted molar refractivity (Wildman–Crippen MR) is 108 cm³/mol. The normalized spacial score (nSPS) is 15.7. The van der Waals surface area contributed by atoms with Crippen LogP contribution in [-0.4, -0.2) is 79.6 Å². The van der Waals surface area contributed by atoms with Crippen LogP contribution >= 0.6 is 0 Å². The molecule has 0 saturated carbocycles. The maximum atomic E-state index is 12.5. The van der Waals surface area contributed by atoms with Crippen molar-refractivity contribution in [1.82, 2.24) is 18.8 Å². The first-order chi connectivity index (χ1) is 13.2. The molecular weight excluding hydrogens is 380 g/mol. The minimum absolute atomic E-state index is 0.103. The second-order valence-electron chi connectivity index (χ2n) is 6.93. The Labute approximate surface area is 167 Å². The van der Waals surface area contributed by atoms with Crippen LogP contribution in [0.25, 0.3) is 0 Å². The van der Waals surface area contributed by atoms with Crippen LogP contribution in [0.3, 0.4) is 0 Å². The van der Waals surface area contributed by atoms with Gasteiger partial charge in [0.2, 0.25) is 5.91 Å². The van der Waals surface area contributed by atoms with Gasteiger partial charge in [-0.15, -0.1) is 0 Å². The van der Waals surface area contributed by atoms with Crippen molar-refractivity contribution < 1.29 is 18.0 Å². The molecule has 1 N–H and O–H groups in total. The van der Waals surface area contributed by atoms with Gasteiger partial charge in [-0.25, -0.2) is 0 Å². The van der Waals surface area contributed by atoms with Crippen molar-refractivity contribution in [3.63, 3.8) is 0 Å². The van der Waals surface area contributed by atoms with Crippen LogP contribution in [0.5, 0.6) is 0 Å². The summed E-state index contributed by atoms with van der Waals surface area (Å²) in [5.41, 5.74) is 2.50. The van der Waals surface area contributed by atoms with E-state index in [2.05, 4.69) is 5.32 Å². The third kappa shape index (κ3) is 5.30. The first-order valence-corrected chi connectivity index (χ1v) is 11.0. The summed E-state index contributed by atoms with van der Waals surface area (Å²) >= 11 is 0. The van der Waals surface area contributed by atoms with E-state index < -0.39 is 10.2 Å². The fraction of sp³-hybridized carbons (Fsp3) is 0.579. The highest BCUT2D eigenvalue weighted by Gasteiger charge is 2.32. The monoisotopic (exact) mass is 410 g/mol. The molecular formula is C19H30N4O4S. The summed E-state index contributed by atoms with van der Waals surface area (Å²) in [7, 11) is -3.48. The minimum Gasteiger partial charge on any atom is -0.343 e. The molecule has 0 aromatic heterocycles. The van der Waals surface area contributed by atoms with E-state index in [1.165, 1.54) is 8.61 Å². The SMILES string of the molecule is CCN(CC)S(=O)(=O)N1CCN(C(=O)CNC(=O)c2cc(C)cc(C)c2)CC1. The van der Waals surface area contributed by atoms with Crippen molar-refractivity contribution in [2.45, 2.75) is 27.7 Å². The van der Waals surface area contributed by atoms with Gasteiger partial charge in [-0.3, -0.25) is 9.59 Å². The fourth-order valence-corrected chi connectivity index (χ4v) is 4.96. The van der Waals surface area contributed by atoms with Crippen LogP contribution in [0.1, 0.15) is 35.3 Å². The lowest BCUT2D eigenvalue weighted by Gasteiger charge is -2.36. The average Bonchev–Trinajstić information content (AvgIpc) is 2.66. The quantitative estimate of drug-likeness (QED) is 0.719. The first-order valence-electron chi connectivity index (χ1n) is 9.58. The molecule has 156 valence electrons. The Balaban J connectivity index is 1.87. The number of rotatable bonds is 7. The average molecular weight is 411 g/mol. The molecule has 2 rings (SSSR count). The van der Waals surface area contributed by atoms with Crippen LogP contribution in [0.4, 0.5) is 0 Å². The predicted octanol–water partition coefficient (Wildman–Crippen LogP) is 0.764. The molecule has 0 atom stereocenters. The Morgan fingerprint density at radius 2 is 1.54 bits per heavy atom. The van der Waals surface area contributed by atoms with E-state index in [9.17, 15) is 18.0 Å². The van der Waals surface area contributed by atoms with Crippen LogP contribution < -0.4 is 5.32 Å². The molecule has 1 saturated heterocycles. The largest absolute Gasteiger partial charge is 0.343 e. The van der Waals surface area contributed by atoms with Gasteiger partial charge in [0.05, 0.1) is 6.54 Å². The third-order valence-electron chi connectivity index (χ3n) is 4.83. The van der Waals surface area contributed by atoms with E-state index in [0.717, 1.165) is 11.1 Å². The highest BCUT2D eigenvalue weighted by Crippen LogP contribution is 2.12. The molecule has 8 nitrogen and oxygen atoms in total. The number of nitrogens with zero attached hydrogens (tertiary/aromatic N) is 3. The molecule has 1 aliphatic heterocycles. The minimum atomic E-state index is -3.48. The van der Waals surface area contributed by atoms with Crippen molar-refractivity contribution in [1.29, 1.82) is 0 Å². The molecule has 9 heteroatoms. The lowest BCUT2D eigenvalue weighted by Crippen LogP contribution is -2.55.